The molecule has 1 N–H and O–H groups in total. The first-order chi connectivity index (χ1) is 14.0. The SMILES string of the molecule is CCOc1ccc(C(=O)Nc2ccc(-c3nc4cc(Cl)ccc4o3)cc2)cc1Br. The Morgan fingerprint density at radius 3 is 2.66 bits per heavy atom. The van der Waals surface area contributed by atoms with Gasteiger partial charge in [-0.25, -0.2) is 4.98 Å². The molecule has 3 aromatic carbocycles. The minimum absolute atomic E-state index is 0.210. The van der Waals surface area contributed by atoms with Crippen molar-refractivity contribution in [3.05, 3.63) is 75.7 Å². The molecule has 0 atom stereocenters. The molecule has 1 amide bonds. The van der Waals surface area contributed by atoms with E-state index in [1.807, 2.05) is 19.1 Å². The number of fused-ring (bicyclic) bond motifs is 1. The molecule has 0 spiro atoms. The lowest BCUT2D eigenvalue weighted by molar-refractivity contribution is 0.102. The van der Waals surface area contributed by atoms with Crippen LogP contribution in [0.15, 0.2) is 69.6 Å². The van der Waals surface area contributed by atoms with Gasteiger partial charge in [-0.1, -0.05) is 11.6 Å². The lowest BCUT2D eigenvalue weighted by Crippen LogP contribution is -2.11. The zero-order valence-electron chi connectivity index (χ0n) is 15.4. The first-order valence-electron chi connectivity index (χ1n) is 8.93. The predicted octanol–water partition coefficient (Wildman–Crippen LogP) is 6.56. The summed E-state index contributed by atoms with van der Waals surface area (Å²) in [7, 11) is 0. The normalized spacial score (nSPS) is 10.9. The quantitative estimate of drug-likeness (QED) is 0.358. The van der Waals surface area contributed by atoms with Crippen LogP contribution in [0.1, 0.15) is 17.3 Å². The molecule has 7 heteroatoms. The van der Waals surface area contributed by atoms with Crippen molar-refractivity contribution in [3.63, 3.8) is 0 Å². The maximum atomic E-state index is 12.5. The fourth-order valence-corrected chi connectivity index (χ4v) is 3.50. The third-order valence-electron chi connectivity index (χ3n) is 4.23. The highest BCUT2D eigenvalue weighted by atomic mass is 79.9. The Morgan fingerprint density at radius 2 is 1.93 bits per heavy atom. The molecule has 0 saturated heterocycles. The van der Waals surface area contributed by atoms with Gasteiger partial charge in [0.25, 0.3) is 5.91 Å². The third-order valence-corrected chi connectivity index (χ3v) is 5.09. The Kier molecular flexibility index (Phi) is 5.56. The number of anilines is 1. The molecule has 0 unspecified atom stereocenters. The highest BCUT2D eigenvalue weighted by Crippen LogP contribution is 2.28. The Hall–Kier alpha value is -2.83. The van der Waals surface area contributed by atoms with Crippen LogP contribution in [0.3, 0.4) is 0 Å². The summed E-state index contributed by atoms with van der Waals surface area (Å²) in [4.78, 5) is 17.0. The molecule has 4 aromatic rings. The van der Waals surface area contributed by atoms with Crippen LogP contribution in [0, 0.1) is 0 Å². The molecule has 0 bridgehead atoms. The molecule has 5 nitrogen and oxygen atoms in total. The molecule has 29 heavy (non-hydrogen) atoms. The number of nitrogens with one attached hydrogen (secondary N) is 1. The fourth-order valence-electron chi connectivity index (χ4n) is 2.84. The Bertz CT molecular complexity index is 1190. The van der Waals surface area contributed by atoms with Gasteiger partial charge in [-0.3, -0.25) is 4.79 Å². The van der Waals surface area contributed by atoms with Crippen molar-refractivity contribution in [1.82, 2.24) is 4.98 Å². The van der Waals surface area contributed by atoms with Gasteiger partial charge < -0.3 is 14.5 Å². The minimum atomic E-state index is -0.210. The van der Waals surface area contributed by atoms with E-state index >= 15 is 0 Å². The molecule has 0 fully saturated rings. The molecule has 0 aliphatic carbocycles. The number of benzene rings is 3. The van der Waals surface area contributed by atoms with Gasteiger partial charge in [0.15, 0.2) is 5.58 Å². The fraction of sp³-hybridized carbons (Fsp3) is 0.0909. The monoisotopic (exact) mass is 470 g/mol. The lowest BCUT2D eigenvalue weighted by atomic mass is 10.1. The summed E-state index contributed by atoms with van der Waals surface area (Å²) >= 11 is 9.42. The van der Waals surface area contributed by atoms with E-state index in [-0.39, 0.29) is 5.91 Å². The number of rotatable bonds is 5. The smallest absolute Gasteiger partial charge is 0.255 e. The first-order valence-corrected chi connectivity index (χ1v) is 10.1. The second kappa shape index (κ2) is 8.27. The highest BCUT2D eigenvalue weighted by molar-refractivity contribution is 9.10. The number of aromatic nitrogens is 1. The van der Waals surface area contributed by atoms with Crippen LogP contribution in [0.4, 0.5) is 5.69 Å². The van der Waals surface area contributed by atoms with E-state index in [9.17, 15) is 4.79 Å². The van der Waals surface area contributed by atoms with Crippen molar-refractivity contribution in [2.24, 2.45) is 0 Å². The number of amides is 1. The van der Waals surface area contributed by atoms with Gasteiger partial charge in [-0.15, -0.1) is 0 Å². The second-order valence-corrected chi connectivity index (χ2v) is 7.53. The molecule has 1 aromatic heterocycles. The van der Waals surface area contributed by atoms with Gasteiger partial charge in [-0.2, -0.15) is 0 Å². The van der Waals surface area contributed by atoms with E-state index in [0.717, 1.165) is 10.0 Å². The van der Waals surface area contributed by atoms with E-state index in [4.69, 9.17) is 20.8 Å². The Morgan fingerprint density at radius 1 is 1.14 bits per heavy atom. The molecule has 0 aliphatic heterocycles. The maximum absolute atomic E-state index is 12.5. The summed E-state index contributed by atoms with van der Waals surface area (Å²) in [6.45, 7) is 2.47. The third kappa shape index (κ3) is 4.28. The Labute approximate surface area is 180 Å². The summed E-state index contributed by atoms with van der Waals surface area (Å²) in [6.07, 6.45) is 0. The van der Waals surface area contributed by atoms with Crippen LogP contribution < -0.4 is 10.1 Å². The van der Waals surface area contributed by atoms with Gasteiger partial charge in [0.1, 0.15) is 11.3 Å². The minimum Gasteiger partial charge on any atom is -0.493 e. The average Bonchev–Trinajstić information content (AvgIpc) is 3.13. The van der Waals surface area contributed by atoms with Crippen LogP contribution >= 0.6 is 27.5 Å². The van der Waals surface area contributed by atoms with Gasteiger partial charge in [0, 0.05) is 21.8 Å². The molecule has 4 rings (SSSR count). The molecule has 146 valence electrons. The second-order valence-electron chi connectivity index (χ2n) is 6.24. The van der Waals surface area contributed by atoms with Gasteiger partial charge in [-0.05, 0) is 83.5 Å². The number of halogens is 2. The van der Waals surface area contributed by atoms with E-state index < -0.39 is 0 Å². The largest absolute Gasteiger partial charge is 0.493 e. The number of hydrogen-bond acceptors (Lipinski definition) is 4. The molecule has 1 heterocycles. The number of hydrogen-bond donors (Lipinski definition) is 1. The number of oxazole rings is 1. The number of ether oxygens (including phenoxy) is 1. The van der Waals surface area contributed by atoms with Crippen LogP contribution in [-0.2, 0) is 0 Å². The van der Waals surface area contributed by atoms with Gasteiger partial charge >= 0.3 is 0 Å². The summed E-state index contributed by atoms with van der Waals surface area (Å²) in [6, 6.07) is 17.8. The van der Waals surface area contributed by atoms with Crippen molar-refractivity contribution < 1.29 is 13.9 Å². The molecule has 0 radical (unpaired) electrons. The van der Waals surface area contributed by atoms with Crippen LogP contribution in [0.2, 0.25) is 5.02 Å². The van der Waals surface area contributed by atoms with Crippen LogP contribution in [0.25, 0.3) is 22.6 Å². The number of carbonyl (C=O) groups is 1. The molecular weight excluding hydrogens is 456 g/mol. The van der Waals surface area contributed by atoms with E-state index in [1.54, 1.807) is 48.5 Å². The predicted molar refractivity (Wildman–Crippen MR) is 118 cm³/mol. The number of carbonyl (C=O) groups excluding carboxylic acids is 1. The van der Waals surface area contributed by atoms with Crippen molar-refractivity contribution in [2.75, 3.05) is 11.9 Å². The first kappa shape index (κ1) is 19.5. The zero-order chi connectivity index (χ0) is 20.4. The van der Waals surface area contributed by atoms with E-state index in [2.05, 4.69) is 26.2 Å². The summed E-state index contributed by atoms with van der Waals surface area (Å²) in [5, 5.41) is 3.49. The lowest BCUT2D eigenvalue weighted by Gasteiger charge is -2.09. The van der Waals surface area contributed by atoms with Crippen LogP contribution in [0.5, 0.6) is 5.75 Å². The summed E-state index contributed by atoms with van der Waals surface area (Å²) in [5.74, 6) is 0.988. The van der Waals surface area contributed by atoms with Crippen molar-refractivity contribution in [3.8, 4) is 17.2 Å². The zero-order valence-corrected chi connectivity index (χ0v) is 17.8. The van der Waals surface area contributed by atoms with Gasteiger partial charge in [0.05, 0.1) is 11.1 Å². The average molecular weight is 472 g/mol. The highest BCUT2D eigenvalue weighted by Gasteiger charge is 2.11. The van der Waals surface area contributed by atoms with Crippen molar-refractivity contribution in [1.29, 1.82) is 0 Å². The maximum Gasteiger partial charge on any atom is 0.255 e. The molecular formula is C22H16BrClN2O3. The number of nitrogens with zero attached hydrogens (tertiary/aromatic N) is 1. The van der Waals surface area contributed by atoms with Gasteiger partial charge in [0.2, 0.25) is 5.89 Å². The van der Waals surface area contributed by atoms with E-state index in [1.165, 1.54) is 0 Å². The summed E-state index contributed by atoms with van der Waals surface area (Å²) in [5.41, 5.74) is 3.37. The Balaban J connectivity index is 1.50. The van der Waals surface area contributed by atoms with Crippen LogP contribution in [-0.4, -0.2) is 17.5 Å². The standard InChI is InChI=1S/C22H16BrClN2O3/c1-2-28-19-9-5-14(11-17(19)23)21(27)25-16-7-3-13(4-8-16)22-26-18-12-15(24)6-10-20(18)29-22/h3-12H,2H2,1H3,(H,25,27). The molecule has 0 aliphatic rings. The molecule has 0 saturated carbocycles. The summed E-state index contributed by atoms with van der Waals surface area (Å²) < 4.78 is 12.0. The topological polar surface area (TPSA) is 64.4 Å². The van der Waals surface area contributed by atoms with Crippen molar-refractivity contribution in [2.45, 2.75) is 6.92 Å². The van der Waals surface area contributed by atoms with Crippen molar-refractivity contribution >= 4 is 50.2 Å². The van der Waals surface area contributed by atoms with E-state index in [0.29, 0.717) is 45.6 Å².